The van der Waals surface area contributed by atoms with Gasteiger partial charge in [-0.05, 0) is 12.1 Å². The number of hydrogen-bond donors (Lipinski definition) is 7. The lowest BCUT2D eigenvalue weighted by molar-refractivity contribution is -0.116. The first kappa shape index (κ1) is 20.0. The Morgan fingerprint density at radius 2 is 1.67 bits per heavy atom. The van der Waals surface area contributed by atoms with Crippen LogP contribution in [0.5, 0.6) is 28.7 Å². The zero-order valence-corrected chi connectivity index (χ0v) is 15.3. The minimum Gasteiger partial charge on any atom is -0.507 e. The Hall–Kier alpha value is -3.31. The van der Waals surface area contributed by atoms with Crippen molar-refractivity contribution in [2.24, 2.45) is 0 Å². The van der Waals surface area contributed by atoms with Crippen LogP contribution >= 0.6 is 0 Å². The molecule has 3 aromatic rings. The maximum Gasteiger partial charge on any atom is 0.402 e. The summed E-state index contributed by atoms with van der Waals surface area (Å²) in [5, 5.41) is 68.8. The fourth-order valence-electron chi connectivity index (χ4n) is 3.23. The molecule has 0 amide bonds. The van der Waals surface area contributed by atoms with Crippen molar-refractivity contribution in [3.63, 3.8) is 0 Å². The molecule has 4 atom stereocenters. The van der Waals surface area contributed by atoms with Crippen molar-refractivity contribution >= 4 is 11.0 Å². The second-order valence-corrected chi connectivity index (χ2v) is 6.84. The van der Waals surface area contributed by atoms with Crippen LogP contribution in [0.25, 0.3) is 22.3 Å². The van der Waals surface area contributed by atoms with Gasteiger partial charge in [-0.2, -0.15) is 0 Å². The van der Waals surface area contributed by atoms with Crippen LogP contribution in [0.2, 0.25) is 0 Å². The average Bonchev–Trinajstić information content (AvgIpc) is 2.98. The van der Waals surface area contributed by atoms with Gasteiger partial charge in [-0.25, -0.2) is 4.42 Å². The smallest absolute Gasteiger partial charge is 0.402 e. The number of phenolic OH excluding ortho intramolecular Hbond substituents is 4. The average molecular weight is 419 g/mol. The number of aliphatic hydroxyl groups is 3. The predicted molar refractivity (Wildman–Crippen MR) is 101 cm³/mol. The van der Waals surface area contributed by atoms with Crippen LogP contribution < -0.4 is 4.74 Å². The maximum absolute atomic E-state index is 10.2. The number of fused-ring (bicyclic) bond motifs is 1. The van der Waals surface area contributed by atoms with Crippen LogP contribution in [-0.4, -0.2) is 67.0 Å². The first-order valence-electron chi connectivity index (χ1n) is 8.92. The summed E-state index contributed by atoms with van der Waals surface area (Å²) in [5.74, 6) is -1.37. The fourth-order valence-corrected chi connectivity index (χ4v) is 3.23. The van der Waals surface area contributed by atoms with Crippen molar-refractivity contribution in [2.45, 2.75) is 24.6 Å². The number of rotatable bonds is 4. The van der Waals surface area contributed by atoms with Crippen LogP contribution in [-0.2, 0) is 4.74 Å². The second-order valence-electron chi connectivity index (χ2n) is 6.84. The zero-order valence-electron chi connectivity index (χ0n) is 15.3. The topological polar surface area (TPSA) is 171 Å². The second kappa shape index (κ2) is 7.50. The minimum absolute atomic E-state index is 0.0144. The molecule has 10 nitrogen and oxygen atoms in total. The quantitative estimate of drug-likeness (QED) is 0.239. The van der Waals surface area contributed by atoms with E-state index in [0.717, 1.165) is 6.07 Å². The van der Waals surface area contributed by atoms with Crippen molar-refractivity contribution in [1.82, 2.24) is 0 Å². The summed E-state index contributed by atoms with van der Waals surface area (Å²) >= 11 is 0. The van der Waals surface area contributed by atoms with E-state index >= 15 is 0 Å². The van der Waals surface area contributed by atoms with E-state index < -0.39 is 37.0 Å². The molecule has 1 saturated heterocycles. The third kappa shape index (κ3) is 3.42. The van der Waals surface area contributed by atoms with Crippen LogP contribution in [0.1, 0.15) is 0 Å². The summed E-state index contributed by atoms with van der Waals surface area (Å²) in [4.78, 5) is 0. The Morgan fingerprint density at radius 3 is 2.33 bits per heavy atom. The largest absolute Gasteiger partial charge is 0.507 e. The minimum atomic E-state index is -1.48. The zero-order chi connectivity index (χ0) is 21.6. The highest BCUT2D eigenvalue weighted by molar-refractivity contribution is 5.88. The monoisotopic (exact) mass is 419 g/mol. The highest BCUT2D eigenvalue weighted by Crippen LogP contribution is 2.42. The molecule has 0 unspecified atom stereocenters. The molecule has 0 spiro atoms. The molecule has 158 valence electrons. The van der Waals surface area contributed by atoms with Gasteiger partial charge in [-0.1, -0.05) is 0 Å². The van der Waals surface area contributed by atoms with Gasteiger partial charge >= 0.3 is 11.3 Å². The fraction of sp³-hybridized carbons (Fsp3) is 0.250. The Kier molecular flexibility index (Phi) is 5.00. The molecule has 1 fully saturated rings. The van der Waals surface area contributed by atoms with Gasteiger partial charge < -0.3 is 45.2 Å². The number of ether oxygens (including phenoxy) is 2. The highest BCUT2D eigenvalue weighted by atomic mass is 16.7. The third-order valence-corrected chi connectivity index (χ3v) is 4.80. The van der Waals surface area contributed by atoms with Crippen molar-refractivity contribution in [1.29, 1.82) is 0 Å². The van der Waals surface area contributed by atoms with Gasteiger partial charge in [0.1, 0.15) is 35.2 Å². The van der Waals surface area contributed by atoms with Gasteiger partial charge in [0, 0.05) is 18.2 Å². The Bertz CT molecular complexity index is 1100. The molecule has 2 heterocycles. The van der Waals surface area contributed by atoms with Crippen LogP contribution in [0.4, 0.5) is 0 Å². The third-order valence-electron chi connectivity index (χ3n) is 4.80. The summed E-state index contributed by atoms with van der Waals surface area (Å²) < 4.78 is 16.8. The van der Waals surface area contributed by atoms with Crippen molar-refractivity contribution in [3.05, 3.63) is 36.4 Å². The molecule has 4 rings (SSSR count). The van der Waals surface area contributed by atoms with E-state index in [2.05, 4.69) is 0 Å². The van der Waals surface area contributed by atoms with E-state index in [4.69, 9.17) is 13.9 Å². The van der Waals surface area contributed by atoms with Gasteiger partial charge in [-0.15, -0.1) is 0 Å². The number of aliphatic hydroxyl groups excluding tert-OH is 3. The lowest BCUT2D eigenvalue weighted by Crippen LogP contribution is -2.35. The molecule has 30 heavy (non-hydrogen) atoms. The lowest BCUT2D eigenvalue weighted by Gasteiger charge is -2.16. The van der Waals surface area contributed by atoms with E-state index in [-0.39, 0.29) is 45.3 Å². The molecule has 2 aromatic carbocycles. The van der Waals surface area contributed by atoms with Gasteiger partial charge in [-0.3, -0.25) is 0 Å². The van der Waals surface area contributed by atoms with Crippen LogP contribution in [0.15, 0.2) is 40.8 Å². The van der Waals surface area contributed by atoms with Crippen molar-refractivity contribution < 1.29 is 49.6 Å². The molecule has 0 bridgehead atoms. The molecule has 1 aliphatic heterocycles. The number of phenols is 4. The van der Waals surface area contributed by atoms with Crippen LogP contribution in [0, 0.1) is 0 Å². The Balaban J connectivity index is 1.85. The molecule has 0 radical (unpaired) electrons. The van der Waals surface area contributed by atoms with Gasteiger partial charge in [0.2, 0.25) is 12.0 Å². The summed E-state index contributed by atoms with van der Waals surface area (Å²) in [7, 11) is 0. The van der Waals surface area contributed by atoms with E-state index in [1.165, 1.54) is 30.3 Å². The Morgan fingerprint density at radius 1 is 0.900 bits per heavy atom. The molecule has 1 aromatic heterocycles. The van der Waals surface area contributed by atoms with Crippen LogP contribution in [0.3, 0.4) is 0 Å². The summed E-state index contributed by atoms with van der Waals surface area (Å²) in [6.45, 7) is -0.543. The summed E-state index contributed by atoms with van der Waals surface area (Å²) in [5.41, 5.74) is 0.348. The highest BCUT2D eigenvalue weighted by Gasteiger charge is 2.45. The van der Waals surface area contributed by atoms with Crippen molar-refractivity contribution in [3.8, 4) is 40.1 Å². The number of benzene rings is 2. The number of aromatic hydroxyl groups is 4. The molecule has 0 aliphatic carbocycles. The lowest BCUT2D eigenvalue weighted by atomic mass is 10.1. The standard InChI is InChI=1S/C20H18O10/c21-7-16-17(26)18(27)20(30-16)29-15-6-10-12(24)4-9(22)5-14(10)28-19(15)8-1-2-11(23)13(25)3-8/h1-6,16-18,20-21,26-27H,7H2,(H3-,22,23,24,25)/p+1/t16-,17-,18+,20+/m0/s1. The first-order chi connectivity index (χ1) is 14.3. The molecular weight excluding hydrogens is 400 g/mol. The number of hydrogen-bond acceptors (Lipinski definition) is 9. The molecule has 10 heteroatoms. The maximum atomic E-state index is 10.2. The van der Waals surface area contributed by atoms with Crippen molar-refractivity contribution in [2.75, 3.05) is 6.61 Å². The van der Waals surface area contributed by atoms with Gasteiger partial charge in [0.05, 0.1) is 18.2 Å². The molecule has 7 N–H and O–H groups in total. The van der Waals surface area contributed by atoms with E-state index in [9.17, 15) is 35.7 Å². The molecule has 0 saturated carbocycles. The van der Waals surface area contributed by atoms with E-state index in [1.54, 1.807) is 0 Å². The predicted octanol–water partition coefficient (Wildman–Crippen LogP) is 1.02. The van der Waals surface area contributed by atoms with Gasteiger partial charge in [0.15, 0.2) is 11.5 Å². The summed E-state index contributed by atoms with van der Waals surface area (Å²) in [6, 6.07) is 7.57. The molecular formula is C20H19O10+. The SMILES string of the molecule is OC[C@@H]1O[C@@H](Oc2cc3c(O)cc(O)cc3[o+]c2-c2ccc(O)c(O)c2)[C@H](O)[C@H]1O. The Labute approximate surface area is 169 Å². The van der Waals surface area contributed by atoms with E-state index in [0.29, 0.717) is 0 Å². The molecule has 1 aliphatic rings. The van der Waals surface area contributed by atoms with Gasteiger partial charge in [0.25, 0.3) is 0 Å². The normalized spacial score (nSPS) is 23.7. The van der Waals surface area contributed by atoms with E-state index in [1.807, 2.05) is 0 Å². The first-order valence-corrected chi connectivity index (χ1v) is 8.92. The summed E-state index contributed by atoms with van der Waals surface area (Å²) in [6.07, 6.45) is -5.29.